The molecule has 1 heterocycles. The van der Waals surface area contributed by atoms with Gasteiger partial charge in [0.1, 0.15) is 5.75 Å². The molecule has 6 nitrogen and oxygen atoms in total. The largest absolute Gasteiger partial charge is 0.493 e. The molecular weight excluding hydrogens is 565 g/mol. The SMILES string of the molecule is Cl.O=[N+]([O-])c1ccc(OCCCN2CCN(c3ccccc3Cl)CC2)c(/C=C/c2ccccc2Br)c1. The summed E-state index contributed by atoms with van der Waals surface area (Å²) in [4.78, 5) is 15.7. The first kappa shape index (κ1) is 28.0. The van der Waals surface area contributed by atoms with E-state index in [1.807, 2.05) is 54.6 Å². The number of nitrogens with zero attached hydrogens (tertiary/aromatic N) is 3. The first-order valence-corrected chi connectivity index (χ1v) is 12.7. The van der Waals surface area contributed by atoms with Crippen LogP contribution in [0.2, 0.25) is 5.02 Å². The van der Waals surface area contributed by atoms with Crippen molar-refractivity contribution in [3.63, 3.8) is 0 Å². The number of halogens is 3. The van der Waals surface area contributed by atoms with Crippen molar-refractivity contribution >= 4 is 63.5 Å². The van der Waals surface area contributed by atoms with Crippen molar-refractivity contribution in [1.82, 2.24) is 4.90 Å². The van der Waals surface area contributed by atoms with E-state index in [4.69, 9.17) is 16.3 Å². The number of non-ortho nitro benzene ring substituents is 1. The molecule has 36 heavy (non-hydrogen) atoms. The molecule has 1 saturated heterocycles. The predicted molar refractivity (Wildman–Crippen MR) is 154 cm³/mol. The summed E-state index contributed by atoms with van der Waals surface area (Å²) >= 11 is 9.87. The van der Waals surface area contributed by atoms with Crippen molar-refractivity contribution in [3.8, 4) is 5.75 Å². The standard InChI is InChI=1S/C27H27BrClN3O3.ClH/c28-24-7-2-1-6-21(24)10-11-22-20-23(32(33)34)12-13-27(22)35-19-5-14-30-15-17-31(18-16-30)26-9-4-3-8-25(26)29;/h1-4,6-13,20H,5,14-19H2;1H/b11-10+;. The van der Waals surface area contributed by atoms with E-state index >= 15 is 0 Å². The molecule has 0 amide bonds. The van der Waals surface area contributed by atoms with Gasteiger partial charge >= 0.3 is 0 Å². The van der Waals surface area contributed by atoms with Crippen LogP contribution in [0.3, 0.4) is 0 Å². The Balaban J connectivity index is 0.00000361. The van der Waals surface area contributed by atoms with Gasteiger partial charge in [0.05, 0.1) is 22.2 Å². The van der Waals surface area contributed by atoms with Crippen molar-refractivity contribution in [1.29, 1.82) is 0 Å². The van der Waals surface area contributed by atoms with E-state index in [0.717, 1.165) is 59.9 Å². The lowest BCUT2D eigenvalue weighted by molar-refractivity contribution is -0.384. The van der Waals surface area contributed by atoms with Crippen LogP contribution >= 0.6 is 39.9 Å². The van der Waals surface area contributed by atoms with Crippen molar-refractivity contribution in [3.05, 3.63) is 97.5 Å². The Bertz CT molecular complexity index is 1200. The second-order valence-electron chi connectivity index (χ2n) is 8.32. The van der Waals surface area contributed by atoms with Crippen LogP contribution in [0.15, 0.2) is 71.2 Å². The highest BCUT2D eigenvalue weighted by Gasteiger charge is 2.18. The maximum Gasteiger partial charge on any atom is 0.270 e. The van der Waals surface area contributed by atoms with Crippen LogP contribution in [0.1, 0.15) is 17.5 Å². The highest BCUT2D eigenvalue weighted by atomic mass is 79.9. The van der Waals surface area contributed by atoms with E-state index in [-0.39, 0.29) is 23.0 Å². The number of hydrogen-bond donors (Lipinski definition) is 0. The number of ether oxygens (including phenoxy) is 1. The first-order chi connectivity index (χ1) is 17.0. The molecule has 0 radical (unpaired) electrons. The summed E-state index contributed by atoms with van der Waals surface area (Å²) in [5.41, 5.74) is 2.81. The van der Waals surface area contributed by atoms with E-state index in [1.165, 1.54) is 6.07 Å². The molecular formula is C27H28BrCl2N3O3. The average Bonchev–Trinajstić information content (AvgIpc) is 2.87. The molecule has 0 spiro atoms. The number of piperazine rings is 1. The normalized spacial score (nSPS) is 14.0. The molecule has 0 N–H and O–H groups in total. The van der Waals surface area contributed by atoms with E-state index in [9.17, 15) is 10.1 Å². The third-order valence-electron chi connectivity index (χ3n) is 5.99. The van der Waals surface area contributed by atoms with Crippen molar-refractivity contribution in [2.24, 2.45) is 0 Å². The summed E-state index contributed by atoms with van der Waals surface area (Å²) in [5.74, 6) is 0.641. The van der Waals surface area contributed by atoms with Crippen molar-refractivity contribution in [2.75, 3.05) is 44.2 Å². The maximum absolute atomic E-state index is 11.3. The molecule has 3 aromatic carbocycles. The van der Waals surface area contributed by atoms with Crippen LogP contribution in [-0.2, 0) is 0 Å². The zero-order chi connectivity index (χ0) is 24.6. The van der Waals surface area contributed by atoms with Crippen LogP contribution in [0, 0.1) is 10.1 Å². The number of hydrogen-bond acceptors (Lipinski definition) is 5. The molecule has 0 aromatic heterocycles. The van der Waals surface area contributed by atoms with Gasteiger partial charge in [-0.1, -0.05) is 70.0 Å². The topological polar surface area (TPSA) is 58.9 Å². The number of nitro benzene ring substituents is 1. The van der Waals surface area contributed by atoms with E-state index in [1.54, 1.807) is 12.1 Å². The average molecular weight is 593 g/mol. The summed E-state index contributed by atoms with van der Waals surface area (Å²) in [7, 11) is 0. The van der Waals surface area contributed by atoms with E-state index < -0.39 is 0 Å². The van der Waals surface area contributed by atoms with Gasteiger partial charge in [0.2, 0.25) is 0 Å². The predicted octanol–water partition coefficient (Wildman–Crippen LogP) is 7.19. The van der Waals surface area contributed by atoms with Gasteiger partial charge in [0, 0.05) is 54.9 Å². The third-order valence-corrected chi connectivity index (χ3v) is 7.04. The maximum atomic E-state index is 11.3. The minimum absolute atomic E-state index is 0. The lowest BCUT2D eigenvalue weighted by Gasteiger charge is -2.36. The van der Waals surface area contributed by atoms with Gasteiger partial charge in [-0.25, -0.2) is 0 Å². The Hall–Kier alpha value is -2.58. The number of benzene rings is 3. The fourth-order valence-corrected chi connectivity index (χ4v) is 4.76. The molecule has 4 rings (SSSR count). The third kappa shape index (κ3) is 7.46. The van der Waals surface area contributed by atoms with Gasteiger partial charge in [-0.3, -0.25) is 15.0 Å². The smallest absolute Gasteiger partial charge is 0.270 e. The zero-order valence-corrected chi connectivity index (χ0v) is 22.8. The number of para-hydroxylation sites is 1. The Morgan fingerprint density at radius 1 is 0.972 bits per heavy atom. The summed E-state index contributed by atoms with van der Waals surface area (Å²) < 4.78 is 7.00. The molecule has 190 valence electrons. The fraction of sp³-hybridized carbons (Fsp3) is 0.259. The Morgan fingerprint density at radius 2 is 1.67 bits per heavy atom. The molecule has 3 aromatic rings. The van der Waals surface area contributed by atoms with E-state index in [0.29, 0.717) is 17.9 Å². The molecule has 9 heteroatoms. The molecule has 1 aliphatic heterocycles. The fourth-order valence-electron chi connectivity index (χ4n) is 4.09. The Kier molecular flexibility index (Phi) is 10.6. The van der Waals surface area contributed by atoms with Crippen molar-refractivity contribution < 1.29 is 9.66 Å². The molecule has 0 aliphatic carbocycles. The Labute approximate surface area is 231 Å². The lowest BCUT2D eigenvalue weighted by atomic mass is 10.1. The highest BCUT2D eigenvalue weighted by Crippen LogP contribution is 2.28. The van der Waals surface area contributed by atoms with Crippen molar-refractivity contribution in [2.45, 2.75) is 6.42 Å². The van der Waals surface area contributed by atoms with Crippen LogP contribution in [0.5, 0.6) is 5.75 Å². The highest BCUT2D eigenvalue weighted by molar-refractivity contribution is 9.10. The molecule has 0 atom stereocenters. The van der Waals surface area contributed by atoms with Gasteiger partial charge in [-0.05, 0) is 36.2 Å². The summed E-state index contributed by atoms with van der Waals surface area (Å²) in [6, 6.07) is 20.5. The van der Waals surface area contributed by atoms with Crippen LogP contribution < -0.4 is 9.64 Å². The van der Waals surface area contributed by atoms with Crippen LogP contribution in [0.25, 0.3) is 12.2 Å². The van der Waals surface area contributed by atoms with Crippen LogP contribution in [-0.4, -0.2) is 49.2 Å². The van der Waals surface area contributed by atoms with Gasteiger partial charge in [0.25, 0.3) is 5.69 Å². The summed E-state index contributed by atoms with van der Waals surface area (Å²) in [6.07, 6.45) is 4.65. The van der Waals surface area contributed by atoms with Gasteiger partial charge in [-0.2, -0.15) is 0 Å². The number of anilines is 1. The van der Waals surface area contributed by atoms with E-state index in [2.05, 4.69) is 31.8 Å². The quantitative estimate of drug-likeness (QED) is 0.114. The molecule has 0 saturated carbocycles. The second kappa shape index (κ2) is 13.7. The Morgan fingerprint density at radius 3 is 2.39 bits per heavy atom. The monoisotopic (exact) mass is 591 g/mol. The number of rotatable bonds is 9. The van der Waals surface area contributed by atoms with Gasteiger partial charge in [0.15, 0.2) is 0 Å². The van der Waals surface area contributed by atoms with Gasteiger partial charge < -0.3 is 9.64 Å². The molecule has 0 unspecified atom stereocenters. The number of nitro groups is 1. The molecule has 1 fully saturated rings. The zero-order valence-electron chi connectivity index (χ0n) is 19.7. The second-order valence-corrected chi connectivity index (χ2v) is 9.58. The van der Waals surface area contributed by atoms with Crippen LogP contribution in [0.4, 0.5) is 11.4 Å². The first-order valence-electron chi connectivity index (χ1n) is 11.6. The molecule has 1 aliphatic rings. The molecule has 0 bridgehead atoms. The van der Waals surface area contributed by atoms with Gasteiger partial charge in [-0.15, -0.1) is 12.4 Å². The lowest BCUT2D eigenvalue weighted by Crippen LogP contribution is -2.46. The minimum atomic E-state index is -0.387. The summed E-state index contributed by atoms with van der Waals surface area (Å²) in [6.45, 7) is 5.31. The summed E-state index contributed by atoms with van der Waals surface area (Å²) in [5, 5.41) is 12.1. The minimum Gasteiger partial charge on any atom is -0.493 e.